The van der Waals surface area contributed by atoms with E-state index >= 15 is 0 Å². The van der Waals surface area contributed by atoms with E-state index in [2.05, 4.69) is 43.0 Å². The molecule has 1 atom stereocenters. The number of rotatable bonds is 6. The van der Waals surface area contributed by atoms with Gasteiger partial charge in [-0.1, -0.05) is 6.92 Å². The molecule has 0 saturated carbocycles. The summed E-state index contributed by atoms with van der Waals surface area (Å²) in [6.07, 6.45) is 3.94. The minimum absolute atomic E-state index is 0.591. The van der Waals surface area contributed by atoms with E-state index < -0.39 is 0 Å². The van der Waals surface area contributed by atoms with Gasteiger partial charge < -0.3 is 10.2 Å². The summed E-state index contributed by atoms with van der Waals surface area (Å²) in [4.78, 5) is 2.61. The predicted molar refractivity (Wildman–Crippen MR) is 88.4 cm³/mol. The summed E-state index contributed by atoms with van der Waals surface area (Å²) >= 11 is 0. The van der Waals surface area contributed by atoms with Gasteiger partial charge in [0.25, 0.3) is 0 Å². The maximum Gasteiger partial charge on any atom is 0.0641 e. The lowest BCUT2D eigenvalue weighted by molar-refractivity contribution is 0.162. The van der Waals surface area contributed by atoms with Gasteiger partial charge in [0.15, 0.2) is 0 Å². The molecule has 4 heteroatoms. The molecule has 4 nitrogen and oxygen atoms in total. The van der Waals surface area contributed by atoms with Crippen molar-refractivity contribution in [2.75, 3.05) is 19.6 Å². The van der Waals surface area contributed by atoms with Crippen LogP contribution < -0.4 is 5.32 Å². The van der Waals surface area contributed by atoms with E-state index in [-0.39, 0.29) is 0 Å². The van der Waals surface area contributed by atoms with Gasteiger partial charge in [0.2, 0.25) is 0 Å². The summed E-state index contributed by atoms with van der Waals surface area (Å²) in [5.41, 5.74) is 3.81. The number of hydrogen-bond donors (Lipinski definition) is 1. The highest BCUT2D eigenvalue weighted by Crippen LogP contribution is 2.21. The van der Waals surface area contributed by atoms with E-state index in [1.807, 2.05) is 11.7 Å². The van der Waals surface area contributed by atoms with Crippen LogP contribution in [-0.2, 0) is 13.6 Å². The highest BCUT2D eigenvalue weighted by molar-refractivity contribution is 5.24. The first kappa shape index (κ1) is 16.5. The van der Waals surface area contributed by atoms with Gasteiger partial charge in [-0.05, 0) is 65.6 Å². The number of nitrogens with one attached hydrogen (secondary N) is 1. The first-order valence-corrected chi connectivity index (χ1v) is 8.47. The third-order valence-electron chi connectivity index (χ3n) is 5.14. The third kappa shape index (κ3) is 4.07. The van der Waals surface area contributed by atoms with E-state index in [1.54, 1.807) is 0 Å². The Bertz CT molecular complexity index is 444. The van der Waals surface area contributed by atoms with Crippen molar-refractivity contribution in [1.29, 1.82) is 0 Å². The summed E-state index contributed by atoms with van der Waals surface area (Å²) in [6.45, 7) is 13.6. The second-order valence-corrected chi connectivity index (χ2v) is 6.62. The number of nitrogens with zero attached hydrogens (tertiary/aromatic N) is 3. The highest BCUT2D eigenvalue weighted by atomic mass is 15.3. The first-order chi connectivity index (χ1) is 10.0. The fourth-order valence-corrected chi connectivity index (χ4v) is 3.50. The average Bonchev–Trinajstić information content (AvgIpc) is 2.71. The van der Waals surface area contributed by atoms with Crippen LogP contribution in [0.15, 0.2) is 0 Å². The van der Waals surface area contributed by atoms with Crippen molar-refractivity contribution >= 4 is 0 Å². The molecule has 0 radical (unpaired) electrons. The van der Waals surface area contributed by atoms with Crippen molar-refractivity contribution in [2.24, 2.45) is 13.0 Å². The fourth-order valence-electron chi connectivity index (χ4n) is 3.50. The largest absolute Gasteiger partial charge is 0.310 e. The lowest BCUT2D eigenvalue weighted by Gasteiger charge is -2.35. The van der Waals surface area contributed by atoms with Crippen LogP contribution in [0.25, 0.3) is 0 Å². The van der Waals surface area contributed by atoms with Crippen LogP contribution in [0.4, 0.5) is 0 Å². The van der Waals surface area contributed by atoms with E-state index in [9.17, 15) is 0 Å². The third-order valence-corrected chi connectivity index (χ3v) is 5.14. The maximum atomic E-state index is 4.50. The minimum atomic E-state index is 0.591. The minimum Gasteiger partial charge on any atom is -0.310 e. The number of aromatic nitrogens is 2. The molecular formula is C17H32N4. The lowest BCUT2D eigenvalue weighted by atomic mass is 9.90. The van der Waals surface area contributed by atoms with Gasteiger partial charge in [-0.15, -0.1) is 0 Å². The molecule has 1 saturated heterocycles. The second kappa shape index (κ2) is 7.41. The summed E-state index contributed by atoms with van der Waals surface area (Å²) < 4.78 is 1.99. The van der Waals surface area contributed by atoms with Gasteiger partial charge in [-0.2, -0.15) is 5.10 Å². The van der Waals surface area contributed by atoms with Crippen LogP contribution >= 0.6 is 0 Å². The quantitative estimate of drug-likeness (QED) is 0.875. The molecule has 1 N–H and O–H groups in total. The molecular weight excluding hydrogens is 260 g/mol. The summed E-state index contributed by atoms with van der Waals surface area (Å²) in [6, 6.07) is 0.591. The number of likely N-dealkylation sites (tertiary alicyclic amines) is 1. The van der Waals surface area contributed by atoms with Gasteiger partial charge >= 0.3 is 0 Å². The molecule has 1 fully saturated rings. The van der Waals surface area contributed by atoms with Gasteiger partial charge in [-0.3, -0.25) is 4.68 Å². The van der Waals surface area contributed by atoms with E-state index in [0.29, 0.717) is 6.04 Å². The van der Waals surface area contributed by atoms with E-state index in [1.165, 1.54) is 50.2 Å². The van der Waals surface area contributed by atoms with Gasteiger partial charge in [0.05, 0.1) is 5.69 Å². The zero-order valence-electron chi connectivity index (χ0n) is 14.4. The van der Waals surface area contributed by atoms with Crippen LogP contribution in [0, 0.1) is 19.8 Å². The van der Waals surface area contributed by atoms with Crippen molar-refractivity contribution in [3.8, 4) is 0 Å². The van der Waals surface area contributed by atoms with Gasteiger partial charge in [-0.25, -0.2) is 0 Å². The molecule has 0 aliphatic carbocycles. The summed E-state index contributed by atoms with van der Waals surface area (Å²) in [5, 5.41) is 8.24. The molecule has 1 unspecified atom stereocenters. The molecule has 120 valence electrons. The van der Waals surface area contributed by atoms with Crippen molar-refractivity contribution in [1.82, 2.24) is 20.0 Å². The zero-order valence-corrected chi connectivity index (χ0v) is 14.4. The first-order valence-electron chi connectivity index (χ1n) is 8.47. The second-order valence-electron chi connectivity index (χ2n) is 6.62. The van der Waals surface area contributed by atoms with Crippen LogP contribution in [0.1, 0.15) is 50.1 Å². The van der Waals surface area contributed by atoms with Gasteiger partial charge in [0, 0.05) is 30.9 Å². The van der Waals surface area contributed by atoms with Crippen molar-refractivity contribution in [3.05, 3.63) is 17.0 Å². The zero-order chi connectivity index (χ0) is 15.4. The molecule has 2 heterocycles. The Labute approximate surface area is 129 Å². The lowest BCUT2D eigenvalue weighted by Crippen LogP contribution is -2.42. The molecule has 21 heavy (non-hydrogen) atoms. The SMILES string of the molecule is CCCN1CCC(C(C)NCc2c(C)nn(C)c2C)CC1. The molecule has 0 aromatic carbocycles. The van der Waals surface area contributed by atoms with Crippen LogP contribution in [0.5, 0.6) is 0 Å². The predicted octanol–water partition coefficient (Wildman–Crippen LogP) is 2.64. The Morgan fingerprint density at radius 1 is 1.29 bits per heavy atom. The van der Waals surface area contributed by atoms with Crippen LogP contribution in [0.3, 0.4) is 0 Å². The van der Waals surface area contributed by atoms with E-state index in [4.69, 9.17) is 0 Å². The molecule has 0 spiro atoms. The summed E-state index contributed by atoms with van der Waals surface area (Å²) in [5.74, 6) is 0.815. The standard InChI is InChI=1S/C17H32N4/c1-6-9-21-10-7-16(8-11-21)13(2)18-12-17-14(3)19-20(5)15(17)4/h13,16,18H,6-12H2,1-5H3. The van der Waals surface area contributed by atoms with Crippen LogP contribution in [-0.4, -0.2) is 40.4 Å². The number of piperidine rings is 1. The van der Waals surface area contributed by atoms with Gasteiger partial charge in [0.1, 0.15) is 0 Å². The van der Waals surface area contributed by atoms with Crippen molar-refractivity contribution in [3.63, 3.8) is 0 Å². The van der Waals surface area contributed by atoms with Crippen molar-refractivity contribution in [2.45, 2.75) is 59.5 Å². The molecule has 1 aromatic heterocycles. The number of aryl methyl sites for hydroxylation is 2. The molecule has 1 aromatic rings. The number of hydrogen-bond acceptors (Lipinski definition) is 3. The molecule has 0 bridgehead atoms. The Morgan fingerprint density at radius 3 is 2.48 bits per heavy atom. The average molecular weight is 292 g/mol. The molecule has 1 aliphatic heterocycles. The monoisotopic (exact) mass is 292 g/mol. The topological polar surface area (TPSA) is 33.1 Å². The Morgan fingerprint density at radius 2 is 1.95 bits per heavy atom. The smallest absolute Gasteiger partial charge is 0.0641 e. The summed E-state index contributed by atoms with van der Waals surface area (Å²) in [7, 11) is 2.03. The molecule has 1 aliphatic rings. The van der Waals surface area contributed by atoms with Crippen LogP contribution in [0.2, 0.25) is 0 Å². The van der Waals surface area contributed by atoms with E-state index in [0.717, 1.165) is 18.2 Å². The molecule has 2 rings (SSSR count). The Kier molecular flexibility index (Phi) is 5.82. The molecule has 0 amide bonds. The highest BCUT2D eigenvalue weighted by Gasteiger charge is 2.23. The fraction of sp³-hybridized carbons (Fsp3) is 0.824. The Balaban J connectivity index is 1.81. The normalized spacial score (nSPS) is 19.1. The Hall–Kier alpha value is -0.870. The van der Waals surface area contributed by atoms with Crippen molar-refractivity contribution < 1.29 is 0 Å². The maximum absolute atomic E-state index is 4.50.